The van der Waals surface area contributed by atoms with E-state index in [-0.39, 0.29) is 12.2 Å². The lowest BCUT2D eigenvalue weighted by atomic mass is 9.89. The zero-order chi connectivity index (χ0) is 19.3. The number of ether oxygens (including phenoxy) is 2. The highest BCUT2D eigenvalue weighted by Crippen LogP contribution is 2.28. The molecular weight excluding hydrogens is 352 g/mol. The summed E-state index contributed by atoms with van der Waals surface area (Å²) in [5, 5.41) is 0. The van der Waals surface area contributed by atoms with Crippen LogP contribution in [-0.4, -0.2) is 50.4 Å². The van der Waals surface area contributed by atoms with E-state index in [1.807, 2.05) is 42.5 Å². The highest BCUT2D eigenvalue weighted by molar-refractivity contribution is 5.89. The average molecular weight is 380 g/mol. The molecule has 1 unspecified atom stereocenters. The van der Waals surface area contributed by atoms with E-state index in [1.165, 1.54) is 18.4 Å². The molecule has 2 saturated heterocycles. The first kappa shape index (κ1) is 18.8. The van der Waals surface area contributed by atoms with Crippen LogP contribution in [0.2, 0.25) is 0 Å². The van der Waals surface area contributed by atoms with Gasteiger partial charge in [-0.25, -0.2) is 4.79 Å². The first-order valence-electron chi connectivity index (χ1n) is 10.1. The maximum absolute atomic E-state index is 12.2. The van der Waals surface area contributed by atoms with Crippen molar-refractivity contribution >= 4 is 11.8 Å². The maximum atomic E-state index is 12.2. The van der Waals surface area contributed by atoms with Crippen LogP contribution in [0.1, 0.15) is 18.4 Å². The van der Waals surface area contributed by atoms with Crippen molar-refractivity contribution in [1.82, 2.24) is 4.90 Å². The van der Waals surface area contributed by atoms with Crippen molar-refractivity contribution in [2.24, 2.45) is 5.92 Å². The van der Waals surface area contributed by atoms with Gasteiger partial charge in [0.05, 0.1) is 13.7 Å². The number of benzene rings is 2. The van der Waals surface area contributed by atoms with Crippen LogP contribution in [0.4, 0.5) is 10.5 Å². The molecule has 5 heteroatoms. The van der Waals surface area contributed by atoms with Crippen molar-refractivity contribution in [3.63, 3.8) is 0 Å². The van der Waals surface area contributed by atoms with Crippen LogP contribution in [0, 0.1) is 5.92 Å². The molecule has 2 aromatic carbocycles. The number of carbonyl (C=O) groups excluding carboxylic acids is 1. The van der Waals surface area contributed by atoms with Gasteiger partial charge in [0.2, 0.25) is 0 Å². The lowest BCUT2D eigenvalue weighted by Crippen LogP contribution is -2.40. The Kier molecular flexibility index (Phi) is 5.81. The summed E-state index contributed by atoms with van der Waals surface area (Å²) in [6, 6.07) is 18.1. The Hall–Kier alpha value is -2.53. The molecule has 2 fully saturated rings. The van der Waals surface area contributed by atoms with Crippen LogP contribution < -0.4 is 9.64 Å². The molecule has 0 radical (unpaired) electrons. The molecule has 0 aliphatic carbocycles. The van der Waals surface area contributed by atoms with E-state index in [0.717, 1.165) is 37.5 Å². The number of anilines is 1. The predicted molar refractivity (Wildman–Crippen MR) is 110 cm³/mol. The number of hydrogen-bond donors (Lipinski definition) is 0. The van der Waals surface area contributed by atoms with Crippen LogP contribution >= 0.6 is 0 Å². The molecule has 0 aromatic heterocycles. The predicted octanol–water partition coefficient (Wildman–Crippen LogP) is 3.98. The molecule has 1 atom stereocenters. The molecule has 28 heavy (non-hydrogen) atoms. The van der Waals surface area contributed by atoms with Crippen LogP contribution in [0.15, 0.2) is 54.6 Å². The van der Waals surface area contributed by atoms with Gasteiger partial charge in [-0.05, 0) is 62.0 Å². The summed E-state index contributed by atoms with van der Waals surface area (Å²) in [5.74, 6) is 1.67. The van der Waals surface area contributed by atoms with Gasteiger partial charge in [0.15, 0.2) is 0 Å². The molecule has 0 bridgehead atoms. The Morgan fingerprint density at radius 2 is 1.75 bits per heavy atom. The number of para-hydroxylation sites is 2. The SMILES string of the molecule is COc1ccccc1CC1CCN(CC2CN(c3ccccc3)C(=O)O2)CC1. The third-order valence-electron chi connectivity index (χ3n) is 5.81. The number of likely N-dealkylation sites (tertiary alicyclic amines) is 1. The minimum absolute atomic E-state index is 0.0570. The van der Waals surface area contributed by atoms with Gasteiger partial charge in [-0.3, -0.25) is 9.80 Å². The number of hydrogen-bond acceptors (Lipinski definition) is 4. The number of carbonyl (C=O) groups is 1. The van der Waals surface area contributed by atoms with Crippen LogP contribution in [0.5, 0.6) is 5.75 Å². The number of cyclic esters (lactones) is 1. The molecule has 148 valence electrons. The van der Waals surface area contributed by atoms with E-state index in [2.05, 4.69) is 17.0 Å². The third kappa shape index (κ3) is 4.30. The van der Waals surface area contributed by atoms with Gasteiger partial charge >= 0.3 is 6.09 Å². The van der Waals surface area contributed by atoms with Gasteiger partial charge in [0.25, 0.3) is 0 Å². The maximum Gasteiger partial charge on any atom is 0.414 e. The monoisotopic (exact) mass is 380 g/mol. The molecule has 2 aliphatic rings. The third-order valence-corrected chi connectivity index (χ3v) is 5.81. The Morgan fingerprint density at radius 3 is 2.50 bits per heavy atom. The lowest BCUT2D eigenvalue weighted by molar-refractivity contribution is 0.0914. The summed E-state index contributed by atoms with van der Waals surface area (Å²) in [7, 11) is 1.74. The topological polar surface area (TPSA) is 42.0 Å². The summed E-state index contributed by atoms with van der Waals surface area (Å²) < 4.78 is 11.1. The van der Waals surface area contributed by atoms with Crippen molar-refractivity contribution in [3.8, 4) is 5.75 Å². The smallest absolute Gasteiger partial charge is 0.414 e. The summed E-state index contributed by atoms with van der Waals surface area (Å²) >= 11 is 0. The van der Waals surface area contributed by atoms with Crippen molar-refractivity contribution in [3.05, 3.63) is 60.2 Å². The zero-order valence-electron chi connectivity index (χ0n) is 16.4. The fourth-order valence-electron chi connectivity index (χ4n) is 4.28. The van der Waals surface area contributed by atoms with Crippen LogP contribution in [0.3, 0.4) is 0 Å². The molecule has 1 amide bonds. The van der Waals surface area contributed by atoms with Gasteiger partial charge in [0.1, 0.15) is 11.9 Å². The molecule has 4 rings (SSSR count). The molecule has 5 nitrogen and oxygen atoms in total. The van der Waals surface area contributed by atoms with Gasteiger partial charge < -0.3 is 9.47 Å². The number of methoxy groups -OCH3 is 1. The second-order valence-electron chi connectivity index (χ2n) is 7.71. The summed E-state index contributed by atoms with van der Waals surface area (Å²) in [4.78, 5) is 16.4. The molecule has 2 aliphatic heterocycles. The van der Waals surface area contributed by atoms with E-state index in [0.29, 0.717) is 12.5 Å². The minimum atomic E-state index is -0.234. The first-order valence-corrected chi connectivity index (χ1v) is 10.1. The summed E-state index contributed by atoms with van der Waals surface area (Å²) in [6.07, 6.45) is 3.11. The van der Waals surface area contributed by atoms with Gasteiger partial charge in [0, 0.05) is 12.2 Å². The average Bonchev–Trinajstić information content (AvgIpc) is 3.10. The van der Waals surface area contributed by atoms with E-state index in [4.69, 9.17) is 9.47 Å². The number of rotatable bonds is 6. The number of piperidine rings is 1. The van der Waals surface area contributed by atoms with E-state index >= 15 is 0 Å². The lowest BCUT2D eigenvalue weighted by Gasteiger charge is -2.33. The zero-order valence-corrected chi connectivity index (χ0v) is 16.4. The normalized spacial score (nSPS) is 21.0. The van der Waals surface area contributed by atoms with Gasteiger partial charge in [-0.2, -0.15) is 0 Å². The first-order chi connectivity index (χ1) is 13.7. The molecule has 2 aromatic rings. The minimum Gasteiger partial charge on any atom is -0.496 e. The van der Waals surface area contributed by atoms with Gasteiger partial charge in [-0.1, -0.05) is 36.4 Å². The molecule has 0 N–H and O–H groups in total. The van der Waals surface area contributed by atoms with Crippen molar-refractivity contribution in [2.45, 2.75) is 25.4 Å². The summed E-state index contributed by atoms with van der Waals surface area (Å²) in [6.45, 7) is 3.55. The highest BCUT2D eigenvalue weighted by Gasteiger charge is 2.34. The Bertz CT molecular complexity index is 787. The largest absolute Gasteiger partial charge is 0.496 e. The highest BCUT2D eigenvalue weighted by atomic mass is 16.6. The van der Waals surface area contributed by atoms with E-state index in [1.54, 1.807) is 12.0 Å². The number of amides is 1. The quantitative estimate of drug-likeness (QED) is 0.760. The molecule has 0 spiro atoms. The van der Waals surface area contributed by atoms with Crippen molar-refractivity contribution in [1.29, 1.82) is 0 Å². The van der Waals surface area contributed by atoms with E-state index in [9.17, 15) is 4.79 Å². The number of nitrogens with zero attached hydrogens (tertiary/aromatic N) is 2. The fourth-order valence-corrected chi connectivity index (χ4v) is 4.28. The molecule has 2 heterocycles. The van der Waals surface area contributed by atoms with Crippen LogP contribution in [0.25, 0.3) is 0 Å². The van der Waals surface area contributed by atoms with Crippen LogP contribution in [-0.2, 0) is 11.2 Å². The fraction of sp³-hybridized carbons (Fsp3) is 0.435. The Balaban J connectivity index is 1.26. The second kappa shape index (κ2) is 8.65. The van der Waals surface area contributed by atoms with E-state index < -0.39 is 0 Å². The molecular formula is C23H28N2O3. The standard InChI is InChI=1S/C23H28N2O3/c1-27-22-10-6-5-7-19(22)15-18-11-13-24(14-12-18)16-21-17-25(23(26)28-21)20-8-3-2-4-9-20/h2-10,18,21H,11-17H2,1H3. The van der Waals surface area contributed by atoms with Crippen molar-refractivity contribution in [2.75, 3.05) is 38.2 Å². The Labute approximate surface area is 166 Å². The van der Waals surface area contributed by atoms with Crippen molar-refractivity contribution < 1.29 is 14.3 Å². The molecule has 0 saturated carbocycles. The summed E-state index contributed by atoms with van der Waals surface area (Å²) in [5.41, 5.74) is 2.21. The Morgan fingerprint density at radius 1 is 1.04 bits per heavy atom. The second-order valence-corrected chi connectivity index (χ2v) is 7.71. The van der Waals surface area contributed by atoms with Gasteiger partial charge in [-0.15, -0.1) is 0 Å².